The van der Waals surface area contributed by atoms with Crippen LogP contribution in [-0.2, 0) is 14.6 Å². The highest BCUT2D eigenvalue weighted by atomic mass is 79.9. The number of benzene rings is 1. The molecule has 0 unspecified atom stereocenters. The highest BCUT2D eigenvalue weighted by Crippen LogP contribution is 2.37. The van der Waals surface area contributed by atoms with Crippen molar-refractivity contribution in [3.05, 3.63) is 39.7 Å². The number of thioether (sulfide) groups is 1. The van der Waals surface area contributed by atoms with E-state index in [2.05, 4.69) is 20.7 Å². The van der Waals surface area contributed by atoms with Gasteiger partial charge in [0.1, 0.15) is 4.88 Å². The molecule has 1 aromatic carbocycles. The number of hydrogen-bond acceptors (Lipinski definition) is 6. The molecule has 0 atom stereocenters. The molecule has 1 aromatic heterocycles. The SMILES string of the molecule is COC(=O)c1cc(S(=O)(=O)c2cccc(Br)c2)c(SC)s1. The molecule has 0 aliphatic carbocycles. The first kappa shape index (κ1) is 16.5. The van der Waals surface area contributed by atoms with Crippen LogP contribution in [0.25, 0.3) is 0 Å². The molecule has 0 aliphatic rings. The molecular formula is C13H11BrO4S3. The zero-order chi connectivity index (χ0) is 15.6. The highest BCUT2D eigenvalue weighted by Gasteiger charge is 2.26. The van der Waals surface area contributed by atoms with E-state index in [-0.39, 0.29) is 14.7 Å². The summed E-state index contributed by atoms with van der Waals surface area (Å²) in [5.74, 6) is -0.536. The summed E-state index contributed by atoms with van der Waals surface area (Å²) >= 11 is 5.67. The third kappa shape index (κ3) is 3.33. The summed E-state index contributed by atoms with van der Waals surface area (Å²) in [7, 11) is -2.41. The molecule has 4 nitrogen and oxygen atoms in total. The van der Waals surface area contributed by atoms with Crippen molar-refractivity contribution in [3.8, 4) is 0 Å². The number of carbonyl (C=O) groups excluding carboxylic acids is 1. The average Bonchev–Trinajstić information content (AvgIpc) is 2.91. The molecule has 0 saturated carbocycles. The van der Waals surface area contributed by atoms with Crippen LogP contribution in [0, 0.1) is 0 Å². The van der Waals surface area contributed by atoms with E-state index in [0.717, 1.165) is 11.3 Å². The molecule has 0 fully saturated rings. The summed E-state index contributed by atoms with van der Waals surface area (Å²) in [5, 5.41) is 0. The van der Waals surface area contributed by atoms with E-state index in [0.29, 0.717) is 8.68 Å². The predicted octanol–water partition coefficient (Wildman–Crippen LogP) is 3.85. The smallest absolute Gasteiger partial charge is 0.348 e. The molecule has 0 N–H and O–H groups in total. The van der Waals surface area contributed by atoms with Crippen LogP contribution in [0.1, 0.15) is 9.67 Å². The topological polar surface area (TPSA) is 60.4 Å². The third-order valence-corrected chi connectivity index (χ3v) is 7.41. The van der Waals surface area contributed by atoms with Gasteiger partial charge in [0.25, 0.3) is 0 Å². The molecular weight excluding hydrogens is 396 g/mol. The predicted molar refractivity (Wildman–Crippen MR) is 87.0 cm³/mol. The zero-order valence-electron chi connectivity index (χ0n) is 11.1. The molecule has 8 heteroatoms. The van der Waals surface area contributed by atoms with Crippen molar-refractivity contribution in [2.75, 3.05) is 13.4 Å². The first-order chi connectivity index (χ1) is 9.90. The quantitative estimate of drug-likeness (QED) is 0.569. The Morgan fingerprint density at radius 1 is 1.33 bits per heavy atom. The van der Waals surface area contributed by atoms with Gasteiger partial charge in [-0.25, -0.2) is 13.2 Å². The fourth-order valence-corrected chi connectivity index (χ4v) is 6.16. The normalized spacial score (nSPS) is 11.4. The van der Waals surface area contributed by atoms with Crippen LogP contribution >= 0.6 is 39.0 Å². The summed E-state index contributed by atoms with van der Waals surface area (Å²) < 4.78 is 31.3. The Kier molecular flexibility index (Phi) is 5.13. The summed E-state index contributed by atoms with van der Waals surface area (Å²) in [4.78, 5) is 12.2. The number of esters is 1. The molecule has 2 rings (SSSR count). The van der Waals surface area contributed by atoms with Crippen molar-refractivity contribution < 1.29 is 17.9 Å². The van der Waals surface area contributed by atoms with Crippen LogP contribution in [0.15, 0.2) is 48.8 Å². The van der Waals surface area contributed by atoms with Crippen LogP contribution in [0.3, 0.4) is 0 Å². The Hall–Kier alpha value is -0.830. The Morgan fingerprint density at radius 2 is 2.05 bits per heavy atom. The molecule has 0 bridgehead atoms. The van der Waals surface area contributed by atoms with Crippen LogP contribution < -0.4 is 0 Å². The Bertz CT molecular complexity index is 780. The van der Waals surface area contributed by atoms with Gasteiger partial charge in [-0.1, -0.05) is 22.0 Å². The molecule has 112 valence electrons. The number of hydrogen-bond donors (Lipinski definition) is 0. The number of ether oxygens (including phenoxy) is 1. The summed E-state index contributed by atoms with van der Waals surface area (Å²) in [6.07, 6.45) is 1.77. The van der Waals surface area contributed by atoms with Gasteiger partial charge >= 0.3 is 5.97 Å². The van der Waals surface area contributed by atoms with E-state index < -0.39 is 15.8 Å². The second-order valence-corrected chi connectivity index (χ2v) is 8.88. The Labute approximate surface area is 139 Å². The lowest BCUT2D eigenvalue weighted by atomic mass is 10.4. The molecule has 2 aromatic rings. The van der Waals surface area contributed by atoms with Crippen LogP contribution in [-0.4, -0.2) is 27.8 Å². The molecule has 0 aliphatic heterocycles. The van der Waals surface area contributed by atoms with Crippen LogP contribution in [0.5, 0.6) is 0 Å². The van der Waals surface area contributed by atoms with Gasteiger partial charge < -0.3 is 4.74 Å². The second kappa shape index (κ2) is 6.51. The fourth-order valence-electron chi connectivity index (χ4n) is 1.65. The minimum atomic E-state index is -3.67. The number of thiophene rings is 1. The maximum Gasteiger partial charge on any atom is 0.348 e. The van der Waals surface area contributed by atoms with Crippen LogP contribution in [0.4, 0.5) is 0 Å². The third-order valence-electron chi connectivity index (χ3n) is 2.63. The van der Waals surface area contributed by atoms with Gasteiger partial charge in [-0.15, -0.1) is 23.1 Å². The summed E-state index contributed by atoms with van der Waals surface area (Å²) in [6, 6.07) is 7.85. The minimum Gasteiger partial charge on any atom is -0.465 e. The molecule has 0 amide bonds. The van der Waals surface area contributed by atoms with Crippen molar-refractivity contribution >= 4 is 54.8 Å². The lowest BCUT2D eigenvalue weighted by Gasteiger charge is -2.04. The number of rotatable bonds is 4. The Balaban J connectivity index is 2.59. The van der Waals surface area contributed by atoms with Crippen molar-refractivity contribution in [1.29, 1.82) is 0 Å². The van der Waals surface area contributed by atoms with E-state index in [1.54, 1.807) is 18.4 Å². The van der Waals surface area contributed by atoms with Gasteiger partial charge in [-0.3, -0.25) is 0 Å². The molecule has 1 heterocycles. The Morgan fingerprint density at radius 3 is 2.62 bits per heavy atom. The average molecular weight is 407 g/mol. The maximum atomic E-state index is 12.7. The zero-order valence-corrected chi connectivity index (χ0v) is 15.2. The van der Waals surface area contributed by atoms with Gasteiger partial charge in [0.05, 0.1) is 21.1 Å². The molecule has 0 radical (unpaired) electrons. The monoisotopic (exact) mass is 406 g/mol. The number of sulfone groups is 1. The first-order valence-corrected chi connectivity index (χ1v) is 9.98. The van der Waals surface area contributed by atoms with Gasteiger partial charge in [0, 0.05) is 4.47 Å². The molecule has 0 saturated heterocycles. The van der Waals surface area contributed by atoms with E-state index >= 15 is 0 Å². The van der Waals surface area contributed by atoms with Gasteiger partial charge in [-0.2, -0.15) is 0 Å². The lowest BCUT2D eigenvalue weighted by Crippen LogP contribution is -2.02. The first-order valence-electron chi connectivity index (χ1n) is 5.67. The lowest BCUT2D eigenvalue weighted by molar-refractivity contribution is 0.0606. The van der Waals surface area contributed by atoms with E-state index in [1.165, 1.54) is 37.1 Å². The number of halogens is 1. The van der Waals surface area contributed by atoms with Crippen molar-refractivity contribution in [1.82, 2.24) is 0 Å². The van der Waals surface area contributed by atoms with Crippen molar-refractivity contribution in [3.63, 3.8) is 0 Å². The highest BCUT2D eigenvalue weighted by molar-refractivity contribution is 9.10. The largest absolute Gasteiger partial charge is 0.465 e. The van der Waals surface area contributed by atoms with Crippen LogP contribution in [0.2, 0.25) is 0 Å². The van der Waals surface area contributed by atoms with E-state index in [1.807, 2.05) is 0 Å². The second-order valence-electron chi connectivity index (χ2n) is 3.92. The molecule has 0 spiro atoms. The fraction of sp³-hybridized carbons (Fsp3) is 0.154. The van der Waals surface area contributed by atoms with E-state index in [9.17, 15) is 13.2 Å². The minimum absolute atomic E-state index is 0.138. The molecule has 21 heavy (non-hydrogen) atoms. The maximum absolute atomic E-state index is 12.7. The van der Waals surface area contributed by atoms with Gasteiger partial charge in [0.15, 0.2) is 0 Å². The van der Waals surface area contributed by atoms with E-state index in [4.69, 9.17) is 0 Å². The summed E-state index contributed by atoms with van der Waals surface area (Å²) in [6.45, 7) is 0. The number of carbonyl (C=O) groups is 1. The van der Waals surface area contributed by atoms with Crippen molar-refractivity contribution in [2.45, 2.75) is 14.0 Å². The number of methoxy groups -OCH3 is 1. The van der Waals surface area contributed by atoms with Crippen molar-refractivity contribution in [2.24, 2.45) is 0 Å². The summed E-state index contributed by atoms with van der Waals surface area (Å²) in [5.41, 5.74) is 0. The van der Waals surface area contributed by atoms with Gasteiger partial charge in [-0.05, 0) is 30.5 Å². The standard InChI is InChI=1S/C13H11BrO4S3/c1-18-12(15)10-7-11(13(19-2)20-10)21(16,17)9-5-3-4-8(14)6-9/h3-7H,1-2H3. The van der Waals surface area contributed by atoms with Gasteiger partial charge in [0.2, 0.25) is 9.84 Å².